The van der Waals surface area contributed by atoms with Gasteiger partial charge in [0.2, 0.25) is 5.91 Å². The van der Waals surface area contributed by atoms with Crippen LogP contribution in [-0.2, 0) is 9.53 Å². The molecule has 1 atom stereocenters. The fourth-order valence-electron chi connectivity index (χ4n) is 4.17. The highest BCUT2D eigenvalue weighted by atomic mass is 16.5. The van der Waals surface area contributed by atoms with Gasteiger partial charge in [0.15, 0.2) is 5.76 Å². The van der Waals surface area contributed by atoms with E-state index in [0.29, 0.717) is 37.8 Å². The molecule has 0 saturated carbocycles. The van der Waals surface area contributed by atoms with Crippen molar-refractivity contribution < 1.29 is 18.7 Å². The fourth-order valence-corrected chi connectivity index (χ4v) is 4.17. The van der Waals surface area contributed by atoms with Gasteiger partial charge in [-0.25, -0.2) is 0 Å². The SMILES string of the molecule is Cc1ccoc1C(=O)N1CC(C(=O)Nc2cccnc2)C2(CCOCC2)C1. The van der Waals surface area contributed by atoms with E-state index in [4.69, 9.17) is 9.15 Å². The molecule has 4 heterocycles. The lowest BCUT2D eigenvalue weighted by molar-refractivity contribution is -0.124. The number of aryl methyl sites for hydroxylation is 1. The summed E-state index contributed by atoms with van der Waals surface area (Å²) in [6, 6.07) is 5.37. The van der Waals surface area contributed by atoms with Crippen LogP contribution in [-0.4, -0.2) is 48.0 Å². The minimum absolute atomic E-state index is 0.0728. The highest BCUT2D eigenvalue weighted by Gasteiger charge is 2.52. The first-order chi connectivity index (χ1) is 13.1. The summed E-state index contributed by atoms with van der Waals surface area (Å²) >= 11 is 0. The summed E-state index contributed by atoms with van der Waals surface area (Å²) in [5.41, 5.74) is 1.21. The Kier molecular flexibility index (Phi) is 4.70. The zero-order valence-corrected chi connectivity index (χ0v) is 15.3. The Morgan fingerprint density at radius 3 is 2.78 bits per heavy atom. The van der Waals surface area contributed by atoms with Crippen LogP contribution in [0.1, 0.15) is 29.0 Å². The second-order valence-electron chi connectivity index (χ2n) is 7.38. The van der Waals surface area contributed by atoms with Crippen molar-refractivity contribution >= 4 is 17.5 Å². The van der Waals surface area contributed by atoms with Crippen molar-refractivity contribution in [2.24, 2.45) is 11.3 Å². The van der Waals surface area contributed by atoms with E-state index in [-0.39, 0.29) is 23.1 Å². The number of carbonyl (C=O) groups excluding carboxylic acids is 2. The van der Waals surface area contributed by atoms with Crippen LogP contribution in [0.25, 0.3) is 0 Å². The van der Waals surface area contributed by atoms with Crippen molar-refractivity contribution in [2.75, 3.05) is 31.6 Å². The molecule has 0 bridgehead atoms. The molecule has 0 aliphatic carbocycles. The standard InChI is InChI=1S/C20H23N3O4/c1-14-4-8-27-17(14)19(25)23-12-16(20(13-23)5-9-26-10-6-20)18(24)22-15-3-2-7-21-11-15/h2-4,7-8,11,16H,5-6,9-10,12-13H2,1H3,(H,22,24). The molecule has 7 heteroatoms. The molecule has 0 aromatic carbocycles. The number of carbonyl (C=O) groups is 2. The summed E-state index contributed by atoms with van der Waals surface area (Å²) in [6.45, 7) is 3.99. The van der Waals surface area contributed by atoms with Crippen LogP contribution in [0.2, 0.25) is 0 Å². The van der Waals surface area contributed by atoms with Gasteiger partial charge in [-0.2, -0.15) is 0 Å². The van der Waals surface area contributed by atoms with Crippen molar-refractivity contribution in [3.05, 3.63) is 48.2 Å². The monoisotopic (exact) mass is 369 g/mol. The maximum atomic E-state index is 13.1. The molecule has 2 saturated heterocycles. The summed E-state index contributed by atoms with van der Waals surface area (Å²) in [5, 5.41) is 2.96. The maximum Gasteiger partial charge on any atom is 0.289 e. The van der Waals surface area contributed by atoms with Crippen LogP contribution in [0.4, 0.5) is 5.69 Å². The molecule has 2 amide bonds. The van der Waals surface area contributed by atoms with Gasteiger partial charge in [-0.15, -0.1) is 0 Å². The zero-order valence-electron chi connectivity index (χ0n) is 15.3. The van der Waals surface area contributed by atoms with E-state index in [1.807, 2.05) is 13.0 Å². The molecule has 2 aliphatic rings. The molecule has 4 rings (SSSR count). The lowest BCUT2D eigenvalue weighted by atomic mass is 9.71. The van der Waals surface area contributed by atoms with Crippen LogP contribution in [0.3, 0.4) is 0 Å². The van der Waals surface area contributed by atoms with Crippen LogP contribution in [0.5, 0.6) is 0 Å². The number of ether oxygens (including phenoxy) is 1. The van der Waals surface area contributed by atoms with Crippen LogP contribution in [0.15, 0.2) is 41.3 Å². The smallest absolute Gasteiger partial charge is 0.289 e. The highest BCUT2D eigenvalue weighted by Crippen LogP contribution is 2.45. The first-order valence-corrected chi connectivity index (χ1v) is 9.21. The summed E-state index contributed by atoms with van der Waals surface area (Å²) in [4.78, 5) is 31.8. The molecular formula is C20H23N3O4. The number of hydrogen-bond acceptors (Lipinski definition) is 5. The van der Waals surface area contributed by atoms with Crippen molar-refractivity contribution in [3.63, 3.8) is 0 Å². The third kappa shape index (κ3) is 3.35. The van der Waals surface area contributed by atoms with Crippen LogP contribution >= 0.6 is 0 Å². The first-order valence-electron chi connectivity index (χ1n) is 9.21. The normalized spacial score (nSPS) is 21.4. The molecule has 1 unspecified atom stereocenters. The number of aromatic nitrogens is 1. The van der Waals surface area contributed by atoms with Crippen molar-refractivity contribution in [1.82, 2.24) is 9.88 Å². The Balaban J connectivity index is 1.57. The average Bonchev–Trinajstić information content (AvgIpc) is 3.27. The number of anilines is 1. The molecule has 2 fully saturated rings. The average molecular weight is 369 g/mol. The second kappa shape index (κ2) is 7.15. The van der Waals surface area contributed by atoms with Crippen molar-refractivity contribution in [3.8, 4) is 0 Å². The van der Waals surface area contributed by atoms with Gasteiger partial charge in [0.1, 0.15) is 0 Å². The Labute approximate surface area is 157 Å². The van der Waals surface area contributed by atoms with E-state index < -0.39 is 0 Å². The van der Waals surface area contributed by atoms with Gasteiger partial charge in [0.25, 0.3) is 5.91 Å². The van der Waals surface area contributed by atoms with Crippen LogP contribution in [0, 0.1) is 18.3 Å². The largest absolute Gasteiger partial charge is 0.459 e. The molecule has 0 radical (unpaired) electrons. The number of furan rings is 1. The molecule has 2 aromatic heterocycles. The van der Waals surface area contributed by atoms with E-state index >= 15 is 0 Å². The van der Waals surface area contributed by atoms with E-state index in [1.54, 1.807) is 29.4 Å². The van der Waals surface area contributed by atoms with E-state index in [1.165, 1.54) is 6.26 Å². The van der Waals surface area contributed by atoms with Crippen LogP contribution < -0.4 is 5.32 Å². The predicted octanol–water partition coefficient (Wildman–Crippen LogP) is 2.49. The second-order valence-corrected chi connectivity index (χ2v) is 7.38. The first kappa shape index (κ1) is 17.7. The van der Waals surface area contributed by atoms with Gasteiger partial charge in [-0.1, -0.05) is 0 Å². The molecule has 7 nitrogen and oxygen atoms in total. The summed E-state index contributed by atoms with van der Waals surface area (Å²) in [5.74, 6) is -0.164. The fraction of sp³-hybridized carbons (Fsp3) is 0.450. The Morgan fingerprint density at radius 2 is 2.11 bits per heavy atom. The summed E-state index contributed by atoms with van der Waals surface area (Å²) in [6.07, 6.45) is 6.34. The molecule has 142 valence electrons. The van der Waals surface area contributed by atoms with Crippen molar-refractivity contribution in [2.45, 2.75) is 19.8 Å². The molecule has 2 aliphatic heterocycles. The summed E-state index contributed by atoms with van der Waals surface area (Å²) in [7, 11) is 0. The van der Waals surface area contributed by atoms with E-state index in [0.717, 1.165) is 18.4 Å². The van der Waals surface area contributed by atoms with Gasteiger partial charge in [0, 0.05) is 43.5 Å². The zero-order chi connectivity index (χ0) is 18.9. The van der Waals surface area contributed by atoms with Gasteiger partial charge in [-0.3, -0.25) is 14.6 Å². The number of hydrogen-bond donors (Lipinski definition) is 1. The number of pyridine rings is 1. The minimum atomic E-state index is -0.291. The number of nitrogens with zero attached hydrogens (tertiary/aromatic N) is 2. The number of rotatable bonds is 3. The lowest BCUT2D eigenvalue weighted by Crippen LogP contribution is -2.42. The third-order valence-electron chi connectivity index (χ3n) is 5.73. The predicted molar refractivity (Wildman–Crippen MR) is 98.2 cm³/mol. The van der Waals surface area contributed by atoms with Crippen molar-refractivity contribution in [1.29, 1.82) is 0 Å². The lowest BCUT2D eigenvalue weighted by Gasteiger charge is -2.37. The Bertz CT molecular complexity index is 827. The molecule has 1 spiro atoms. The molecule has 1 N–H and O–H groups in total. The molecule has 27 heavy (non-hydrogen) atoms. The van der Waals surface area contributed by atoms with Gasteiger partial charge < -0.3 is 19.4 Å². The third-order valence-corrected chi connectivity index (χ3v) is 5.73. The quantitative estimate of drug-likeness (QED) is 0.899. The Hall–Kier alpha value is -2.67. The summed E-state index contributed by atoms with van der Waals surface area (Å²) < 4.78 is 10.9. The maximum absolute atomic E-state index is 13.1. The molecular weight excluding hydrogens is 346 g/mol. The number of nitrogens with one attached hydrogen (secondary N) is 1. The van der Waals surface area contributed by atoms with Gasteiger partial charge >= 0.3 is 0 Å². The molecule has 2 aromatic rings. The number of likely N-dealkylation sites (tertiary alicyclic amines) is 1. The number of amides is 2. The minimum Gasteiger partial charge on any atom is -0.459 e. The van der Waals surface area contributed by atoms with E-state index in [9.17, 15) is 9.59 Å². The van der Waals surface area contributed by atoms with E-state index in [2.05, 4.69) is 10.3 Å². The Morgan fingerprint density at radius 1 is 1.30 bits per heavy atom. The van der Waals surface area contributed by atoms with Gasteiger partial charge in [0.05, 0.1) is 24.1 Å². The van der Waals surface area contributed by atoms with Gasteiger partial charge in [-0.05, 0) is 38.0 Å². The topological polar surface area (TPSA) is 84.7 Å². The highest BCUT2D eigenvalue weighted by molar-refractivity contribution is 5.96.